The molecule has 0 fully saturated rings. The van der Waals surface area contributed by atoms with E-state index in [0.29, 0.717) is 5.41 Å². The minimum Gasteiger partial charge on any atom is -0.748 e. The predicted molar refractivity (Wildman–Crippen MR) is 81.5 cm³/mol. The molecule has 0 unspecified atom stereocenters. The first-order valence-corrected chi connectivity index (χ1v) is 6.95. The van der Waals surface area contributed by atoms with Crippen LogP contribution in [0.15, 0.2) is 42.5 Å². The van der Waals surface area contributed by atoms with Crippen molar-refractivity contribution in [1.29, 1.82) is 0 Å². The van der Waals surface area contributed by atoms with E-state index in [2.05, 4.69) is 46.8 Å². The van der Waals surface area contributed by atoms with Crippen LogP contribution >= 0.6 is 0 Å². The second kappa shape index (κ2) is 8.40. The molecular formula is C18H26Fe-6. The molecule has 0 saturated carbocycles. The first-order chi connectivity index (χ1) is 8.50. The summed E-state index contributed by atoms with van der Waals surface area (Å²) in [5.41, 5.74) is 4.95. The summed E-state index contributed by atoms with van der Waals surface area (Å²) in [6, 6.07) is 14.6. The summed E-state index contributed by atoms with van der Waals surface area (Å²) in [6.45, 7) is 11.4. The summed E-state index contributed by atoms with van der Waals surface area (Å²) in [6.07, 6.45) is 2.34. The Hall–Kier alpha value is -0.781. The first-order valence-electron chi connectivity index (χ1n) is 6.95. The van der Waals surface area contributed by atoms with E-state index in [0.717, 1.165) is 0 Å². The van der Waals surface area contributed by atoms with Gasteiger partial charge in [-0.25, -0.2) is 6.07 Å². The average Bonchev–Trinajstić information content (AvgIpc) is 2.99. The van der Waals surface area contributed by atoms with Gasteiger partial charge in [0, 0.05) is 17.1 Å². The molecule has 0 bridgehead atoms. The fraction of sp³-hybridized carbons (Fsp3) is 0.444. The summed E-state index contributed by atoms with van der Waals surface area (Å²) in [4.78, 5) is 0. The van der Waals surface area contributed by atoms with Crippen LogP contribution in [0.4, 0.5) is 0 Å². The first kappa shape index (κ1) is 18.2. The zero-order valence-corrected chi connectivity index (χ0v) is 13.9. The second-order valence-corrected chi connectivity index (χ2v) is 5.67. The molecule has 0 heterocycles. The summed E-state index contributed by atoms with van der Waals surface area (Å²) in [5, 5.41) is 0. The Bertz CT molecular complexity index is 409. The van der Waals surface area contributed by atoms with Crippen LogP contribution < -0.4 is 0 Å². The Balaban J connectivity index is 0.000000454. The largest absolute Gasteiger partial charge is 0.748 e. The third kappa shape index (κ3) is 5.38. The van der Waals surface area contributed by atoms with Gasteiger partial charge in [-0.1, -0.05) is 52.9 Å². The van der Waals surface area contributed by atoms with Gasteiger partial charge < -0.3 is 30.3 Å². The van der Waals surface area contributed by atoms with Gasteiger partial charge in [-0.3, -0.25) is 0 Å². The molecule has 0 amide bonds. The molecule has 2 aromatic carbocycles. The zero-order chi connectivity index (χ0) is 13.6. The molecule has 0 spiro atoms. The standard InChI is InChI=1S/C13H21.C5H5.Fe/c1-6-10-8-9-12(11(10)7-2)13(3,4)5;1-2-4-5-3-1;/h8-9H,6-7H2,1-5H3;1-5H;/q-1;-5;. The smallest absolute Gasteiger partial charge is 0 e. The van der Waals surface area contributed by atoms with Gasteiger partial charge in [0.15, 0.2) is 0 Å². The topological polar surface area (TPSA) is 0 Å². The third-order valence-electron chi connectivity index (χ3n) is 3.26. The van der Waals surface area contributed by atoms with Crippen molar-refractivity contribution in [2.45, 2.75) is 52.9 Å². The van der Waals surface area contributed by atoms with E-state index >= 15 is 0 Å². The summed E-state index contributed by atoms with van der Waals surface area (Å²) in [7, 11) is 0. The Kier molecular flexibility index (Phi) is 8.06. The molecule has 2 rings (SSSR count). The molecule has 1 heteroatoms. The van der Waals surface area contributed by atoms with Crippen LogP contribution in [0.25, 0.3) is 0 Å². The van der Waals surface area contributed by atoms with Gasteiger partial charge in [0.2, 0.25) is 0 Å². The minimum atomic E-state index is 0. The van der Waals surface area contributed by atoms with Crippen LogP contribution in [0, 0.1) is 0 Å². The summed E-state index contributed by atoms with van der Waals surface area (Å²) in [5.74, 6) is 0. The average molecular weight is 298 g/mol. The fourth-order valence-corrected chi connectivity index (χ4v) is 2.33. The number of hydrogen-bond donors (Lipinski definition) is 0. The number of rotatable bonds is 2. The minimum absolute atomic E-state index is 0. The molecule has 0 N–H and O–H groups in total. The van der Waals surface area contributed by atoms with E-state index < -0.39 is 0 Å². The molecule has 2 aromatic rings. The van der Waals surface area contributed by atoms with Crippen LogP contribution in [0.2, 0.25) is 0 Å². The van der Waals surface area contributed by atoms with Crippen molar-refractivity contribution in [2.24, 2.45) is 0 Å². The Morgan fingerprint density at radius 1 is 1.00 bits per heavy atom. The molecule has 0 nitrogen and oxygen atoms in total. The summed E-state index contributed by atoms with van der Waals surface area (Å²) >= 11 is 0. The van der Waals surface area contributed by atoms with E-state index in [1.807, 2.05) is 30.3 Å². The fourth-order valence-electron chi connectivity index (χ4n) is 2.33. The zero-order valence-electron chi connectivity index (χ0n) is 12.8. The molecule has 0 atom stereocenters. The van der Waals surface area contributed by atoms with Crippen LogP contribution in [-0.4, -0.2) is 0 Å². The van der Waals surface area contributed by atoms with Gasteiger partial charge >= 0.3 is 0 Å². The molecule has 0 aliphatic rings. The van der Waals surface area contributed by atoms with Gasteiger partial charge in [-0.2, -0.15) is 22.8 Å². The van der Waals surface area contributed by atoms with Crippen LogP contribution in [0.5, 0.6) is 0 Å². The quantitative estimate of drug-likeness (QED) is 0.526. The Labute approximate surface area is 129 Å². The van der Waals surface area contributed by atoms with Crippen molar-refractivity contribution in [2.75, 3.05) is 0 Å². The molecule has 0 aliphatic heterocycles. The van der Waals surface area contributed by atoms with Gasteiger partial charge in [-0.05, 0) is 0 Å². The molecule has 0 saturated heterocycles. The van der Waals surface area contributed by atoms with Crippen LogP contribution in [-0.2, 0) is 35.3 Å². The van der Waals surface area contributed by atoms with E-state index in [1.165, 1.54) is 24.0 Å². The van der Waals surface area contributed by atoms with Crippen molar-refractivity contribution in [1.82, 2.24) is 0 Å². The second-order valence-electron chi connectivity index (χ2n) is 5.67. The number of hydrogen-bond acceptors (Lipinski definition) is 0. The molecule has 19 heavy (non-hydrogen) atoms. The SMILES string of the molecule is CCc1c(C(C)(C)C)cc[c-]1CC.[Fe].[cH-]1[cH-][cH-][cH-][cH-]1. The van der Waals surface area contributed by atoms with Gasteiger partial charge in [-0.15, -0.1) is 0 Å². The van der Waals surface area contributed by atoms with E-state index in [1.54, 1.807) is 5.56 Å². The van der Waals surface area contributed by atoms with Crippen LogP contribution in [0.3, 0.4) is 0 Å². The van der Waals surface area contributed by atoms with E-state index in [-0.39, 0.29) is 17.1 Å². The van der Waals surface area contributed by atoms with E-state index in [4.69, 9.17) is 0 Å². The predicted octanol–water partition coefficient (Wildman–Crippen LogP) is 5.23. The van der Waals surface area contributed by atoms with Gasteiger partial charge in [0.1, 0.15) is 0 Å². The van der Waals surface area contributed by atoms with Crippen molar-refractivity contribution in [3.8, 4) is 0 Å². The maximum absolute atomic E-state index is 2.30. The molecular weight excluding hydrogens is 272 g/mol. The molecule has 112 valence electrons. The maximum atomic E-state index is 2.30. The third-order valence-corrected chi connectivity index (χ3v) is 3.26. The van der Waals surface area contributed by atoms with Crippen molar-refractivity contribution >= 4 is 0 Å². The van der Waals surface area contributed by atoms with Crippen LogP contribution in [0.1, 0.15) is 51.3 Å². The maximum Gasteiger partial charge on any atom is 0 e. The molecule has 0 aliphatic carbocycles. The number of aryl methyl sites for hydroxylation is 1. The van der Waals surface area contributed by atoms with Gasteiger partial charge in [0.25, 0.3) is 0 Å². The monoisotopic (exact) mass is 298 g/mol. The summed E-state index contributed by atoms with van der Waals surface area (Å²) < 4.78 is 0. The van der Waals surface area contributed by atoms with Gasteiger partial charge in [0.05, 0.1) is 0 Å². The Morgan fingerprint density at radius 3 is 1.79 bits per heavy atom. The van der Waals surface area contributed by atoms with Crippen molar-refractivity contribution in [3.05, 3.63) is 59.2 Å². The van der Waals surface area contributed by atoms with Crippen molar-refractivity contribution < 1.29 is 17.1 Å². The normalized spacial score (nSPS) is 10.4. The van der Waals surface area contributed by atoms with Crippen molar-refractivity contribution in [3.63, 3.8) is 0 Å². The van der Waals surface area contributed by atoms with E-state index in [9.17, 15) is 0 Å². The molecule has 0 radical (unpaired) electrons. The Morgan fingerprint density at radius 2 is 1.47 bits per heavy atom. The molecule has 0 aromatic heterocycles.